The van der Waals surface area contributed by atoms with Crippen molar-refractivity contribution in [3.8, 4) is 5.75 Å². The molecule has 0 aromatic heterocycles. The summed E-state index contributed by atoms with van der Waals surface area (Å²) in [4.78, 5) is 10.4. The molecule has 1 spiro atoms. The van der Waals surface area contributed by atoms with E-state index in [4.69, 9.17) is 16.3 Å². The first-order valence-corrected chi connectivity index (χ1v) is 7.71. The van der Waals surface area contributed by atoms with Gasteiger partial charge < -0.3 is 4.74 Å². The Morgan fingerprint density at radius 3 is 2.67 bits per heavy atom. The predicted octanol–water partition coefficient (Wildman–Crippen LogP) is 4.44. The van der Waals surface area contributed by atoms with Gasteiger partial charge in [-0.3, -0.25) is 10.1 Å². The van der Waals surface area contributed by atoms with Crippen LogP contribution in [-0.2, 0) is 0 Å². The van der Waals surface area contributed by atoms with Crippen LogP contribution in [0.15, 0.2) is 18.2 Å². The van der Waals surface area contributed by atoms with E-state index in [0.29, 0.717) is 6.42 Å². The molecule has 0 aliphatic heterocycles. The van der Waals surface area contributed by atoms with E-state index in [1.165, 1.54) is 18.6 Å². The van der Waals surface area contributed by atoms with Gasteiger partial charge in [0.05, 0.1) is 11.0 Å². The van der Waals surface area contributed by atoms with Gasteiger partial charge in [0, 0.05) is 17.2 Å². The number of hydrogen-bond acceptors (Lipinski definition) is 3. The van der Waals surface area contributed by atoms with E-state index in [-0.39, 0.29) is 28.3 Å². The molecular formula is C15H17ClFNO3. The van der Waals surface area contributed by atoms with Crippen LogP contribution in [0.2, 0.25) is 0 Å². The van der Waals surface area contributed by atoms with Gasteiger partial charge in [-0.1, -0.05) is 19.3 Å². The van der Waals surface area contributed by atoms with Crippen molar-refractivity contribution >= 4 is 17.3 Å². The summed E-state index contributed by atoms with van der Waals surface area (Å²) in [6.07, 6.45) is 6.03. The SMILES string of the molecule is O=[N+]([O-])c1cc(F)ccc1OC1CC(Cl)C12CCCCC2. The molecular weight excluding hydrogens is 297 g/mol. The molecule has 2 saturated carbocycles. The molecule has 1 aromatic carbocycles. The predicted molar refractivity (Wildman–Crippen MR) is 77.2 cm³/mol. The summed E-state index contributed by atoms with van der Waals surface area (Å²) in [5.41, 5.74) is -0.388. The van der Waals surface area contributed by atoms with Crippen LogP contribution >= 0.6 is 11.6 Å². The third-order valence-corrected chi connectivity index (χ3v) is 5.47. The zero-order valence-electron chi connectivity index (χ0n) is 11.6. The molecule has 0 heterocycles. The first kappa shape index (κ1) is 14.6. The van der Waals surface area contributed by atoms with Crippen molar-refractivity contribution in [3.63, 3.8) is 0 Å². The molecule has 2 atom stereocenters. The van der Waals surface area contributed by atoms with Gasteiger partial charge in [0.25, 0.3) is 0 Å². The largest absolute Gasteiger partial charge is 0.483 e. The quantitative estimate of drug-likeness (QED) is 0.471. The fourth-order valence-electron chi connectivity index (χ4n) is 3.60. The molecule has 0 N–H and O–H groups in total. The molecule has 0 saturated heterocycles. The Bertz CT molecular complexity index is 560. The van der Waals surface area contributed by atoms with Crippen LogP contribution in [0.5, 0.6) is 5.75 Å². The van der Waals surface area contributed by atoms with Crippen LogP contribution in [0, 0.1) is 21.3 Å². The van der Waals surface area contributed by atoms with Crippen molar-refractivity contribution in [1.29, 1.82) is 0 Å². The number of hydrogen-bond donors (Lipinski definition) is 0. The van der Waals surface area contributed by atoms with Crippen LogP contribution < -0.4 is 4.74 Å². The molecule has 114 valence electrons. The molecule has 21 heavy (non-hydrogen) atoms. The van der Waals surface area contributed by atoms with E-state index in [2.05, 4.69) is 0 Å². The standard InChI is InChI=1S/C15H17ClFNO3/c16-13-9-14(15(13)6-2-1-3-7-15)21-12-5-4-10(17)8-11(12)18(19)20/h4-5,8,13-14H,1-3,6-7,9H2. The Morgan fingerprint density at radius 2 is 2.05 bits per heavy atom. The highest BCUT2D eigenvalue weighted by atomic mass is 35.5. The number of rotatable bonds is 3. The minimum absolute atomic E-state index is 0.0674. The second kappa shape index (κ2) is 5.44. The first-order valence-electron chi connectivity index (χ1n) is 7.27. The summed E-state index contributed by atoms with van der Waals surface area (Å²) in [6.45, 7) is 0. The van der Waals surface area contributed by atoms with Crippen molar-refractivity contribution in [2.24, 2.45) is 5.41 Å². The van der Waals surface area contributed by atoms with E-state index in [1.54, 1.807) is 0 Å². The minimum Gasteiger partial charge on any atom is -0.483 e. The zero-order valence-corrected chi connectivity index (χ0v) is 12.3. The lowest BCUT2D eigenvalue weighted by molar-refractivity contribution is -0.386. The molecule has 2 aliphatic carbocycles. The van der Waals surface area contributed by atoms with Crippen LogP contribution in [0.25, 0.3) is 0 Å². The number of halogens is 2. The molecule has 2 fully saturated rings. The van der Waals surface area contributed by atoms with Gasteiger partial charge in [0.15, 0.2) is 5.75 Å². The lowest BCUT2D eigenvalue weighted by Gasteiger charge is -2.54. The molecule has 2 unspecified atom stereocenters. The van der Waals surface area contributed by atoms with Gasteiger partial charge in [-0.15, -0.1) is 11.6 Å². The van der Waals surface area contributed by atoms with E-state index < -0.39 is 10.7 Å². The van der Waals surface area contributed by atoms with Crippen molar-refractivity contribution < 1.29 is 14.1 Å². The lowest BCUT2D eigenvalue weighted by atomic mass is 9.58. The number of benzene rings is 1. The van der Waals surface area contributed by atoms with Crippen LogP contribution in [0.4, 0.5) is 10.1 Å². The maximum atomic E-state index is 13.2. The van der Waals surface area contributed by atoms with E-state index in [1.807, 2.05) is 0 Å². The second-order valence-corrected chi connectivity index (χ2v) is 6.50. The Labute approximate surface area is 127 Å². The Hall–Kier alpha value is -1.36. The summed E-state index contributed by atoms with van der Waals surface area (Å²) in [6, 6.07) is 3.43. The molecule has 0 amide bonds. The summed E-state index contributed by atoms with van der Waals surface area (Å²) in [5.74, 6) is -0.495. The van der Waals surface area contributed by atoms with Crippen molar-refractivity contribution in [1.82, 2.24) is 0 Å². The van der Waals surface area contributed by atoms with Crippen molar-refractivity contribution in [2.75, 3.05) is 0 Å². The minimum atomic E-state index is -0.634. The van der Waals surface area contributed by atoms with Crippen molar-refractivity contribution in [3.05, 3.63) is 34.1 Å². The van der Waals surface area contributed by atoms with Gasteiger partial charge in [0.2, 0.25) is 0 Å². The molecule has 4 nitrogen and oxygen atoms in total. The smallest absolute Gasteiger partial charge is 0.313 e. The molecule has 0 bridgehead atoms. The maximum Gasteiger partial charge on any atom is 0.313 e. The second-order valence-electron chi connectivity index (χ2n) is 5.97. The third-order valence-electron chi connectivity index (χ3n) is 4.86. The normalized spacial score (nSPS) is 27.1. The summed E-state index contributed by atoms with van der Waals surface area (Å²) in [7, 11) is 0. The van der Waals surface area contributed by atoms with Crippen molar-refractivity contribution in [2.45, 2.75) is 50.0 Å². The highest BCUT2D eigenvalue weighted by molar-refractivity contribution is 6.21. The highest BCUT2D eigenvalue weighted by Gasteiger charge is 2.56. The topological polar surface area (TPSA) is 52.4 Å². The van der Waals surface area contributed by atoms with E-state index in [0.717, 1.165) is 31.7 Å². The fourth-order valence-corrected chi connectivity index (χ4v) is 4.12. The molecule has 3 rings (SSSR count). The number of nitrogens with zero attached hydrogens (tertiary/aromatic N) is 1. The zero-order chi connectivity index (χ0) is 15.0. The molecule has 0 radical (unpaired) electrons. The number of ether oxygens (including phenoxy) is 1. The Balaban J connectivity index is 1.82. The number of alkyl halides is 1. The number of nitro groups is 1. The van der Waals surface area contributed by atoms with Gasteiger partial charge in [-0.2, -0.15) is 0 Å². The summed E-state index contributed by atoms with van der Waals surface area (Å²) < 4.78 is 19.0. The molecule has 6 heteroatoms. The number of nitro benzene ring substituents is 1. The molecule has 2 aliphatic rings. The van der Waals surface area contributed by atoms with Crippen LogP contribution in [0.1, 0.15) is 38.5 Å². The molecule has 1 aromatic rings. The fraction of sp³-hybridized carbons (Fsp3) is 0.600. The van der Waals surface area contributed by atoms with E-state index >= 15 is 0 Å². The Kier molecular flexibility index (Phi) is 3.78. The maximum absolute atomic E-state index is 13.2. The van der Waals surface area contributed by atoms with Crippen LogP contribution in [-0.4, -0.2) is 16.4 Å². The van der Waals surface area contributed by atoms with Gasteiger partial charge in [-0.25, -0.2) is 4.39 Å². The van der Waals surface area contributed by atoms with Crippen LogP contribution in [0.3, 0.4) is 0 Å². The van der Waals surface area contributed by atoms with Gasteiger partial charge in [-0.05, 0) is 25.0 Å². The lowest BCUT2D eigenvalue weighted by Crippen LogP contribution is -2.58. The monoisotopic (exact) mass is 313 g/mol. The average Bonchev–Trinajstić information content (AvgIpc) is 2.49. The Morgan fingerprint density at radius 1 is 1.33 bits per heavy atom. The van der Waals surface area contributed by atoms with Gasteiger partial charge >= 0.3 is 5.69 Å². The highest BCUT2D eigenvalue weighted by Crippen LogP contribution is 2.56. The summed E-state index contributed by atoms with van der Waals surface area (Å²) in [5, 5.41) is 11.1. The third kappa shape index (κ3) is 2.48. The van der Waals surface area contributed by atoms with Gasteiger partial charge in [0.1, 0.15) is 11.9 Å². The summed E-state index contributed by atoms with van der Waals surface area (Å²) >= 11 is 6.40. The first-order chi connectivity index (χ1) is 10.0. The van der Waals surface area contributed by atoms with E-state index in [9.17, 15) is 14.5 Å². The average molecular weight is 314 g/mol.